The van der Waals surface area contributed by atoms with Crippen LogP contribution in [0.15, 0.2) is 16.6 Å². The second-order valence-electron chi connectivity index (χ2n) is 4.52. The second-order valence-corrected chi connectivity index (χ2v) is 5.64. The zero-order valence-electron chi connectivity index (χ0n) is 9.77. The van der Waals surface area contributed by atoms with Crippen LogP contribution < -0.4 is 0 Å². The van der Waals surface area contributed by atoms with Crippen LogP contribution in [0.2, 0.25) is 0 Å². The lowest BCUT2D eigenvalue weighted by molar-refractivity contribution is 0.828. The van der Waals surface area contributed by atoms with Crippen LogP contribution in [0.4, 0.5) is 0 Å². The quantitative estimate of drug-likeness (QED) is 0.650. The first-order chi connectivity index (χ1) is 6.97. The first-order valence-electron chi connectivity index (χ1n) is 5.35. The van der Waals surface area contributed by atoms with Crippen LogP contribution in [0.25, 0.3) is 0 Å². The third-order valence-electron chi connectivity index (χ3n) is 2.65. The van der Waals surface area contributed by atoms with Crippen LogP contribution in [0.1, 0.15) is 56.2 Å². The Morgan fingerprint density at radius 1 is 1.07 bits per heavy atom. The molecule has 15 heavy (non-hydrogen) atoms. The van der Waals surface area contributed by atoms with E-state index >= 15 is 0 Å². The van der Waals surface area contributed by atoms with Crippen LogP contribution >= 0.6 is 27.5 Å². The molecular weight excluding hydrogens is 272 g/mol. The minimum atomic E-state index is 0.524. The number of rotatable bonds is 3. The predicted octanol–water partition coefficient (Wildman–Crippen LogP) is 5.43. The van der Waals surface area contributed by atoms with Crippen molar-refractivity contribution in [2.75, 3.05) is 0 Å². The lowest BCUT2D eigenvalue weighted by Gasteiger charge is -2.16. The van der Waals surface area contributed by atoms with Gasteiger partial charge in [0.15, 0.2) is 0 Å². The normalized spacial score (nSPS) is 11.5. The van der Waals surface area contributed by atoms with E-state index in [1.54, 1.807) is 0 Å². The van der Waals surface area contributed by atoms with Gasteiger partial charge in [0.05, 0.1) is 0 Å². The minimum Gasteiger partial charge on any atom is -0.122 e. The van der Waals surface area contributed by atoms with Crippen LogP contribution in [-0.4, -0.2) is 0 Å². The Hall–Kier alpha value is -0.0100. The van der Waals surface area contributed by atoms with Crippen molar-refractivity contribution in [2.45, 2.75) is 45.4 Å². The molecule has 1 aromatic carbocycles. The highest BCUT2D eigenvalue weighted by Crippen LogP contribution is 2.32. The highest BCUT2D eigenvalue weighted by molar-refractivity contribution is 9.10. The van der Waals surface area contributed by atoms with E-state index in [4.69, 9.17) is 11.6 Å². The Morgan fingerprint density at radius 3 is 2.00 bits per heavy atom. The van der Waals surface area contributed by atoms with Gasteiger partial charge in [-0.25, -0.2) is 0 Å². The maximum absolute atomic E-state index is 5.99. The van der Waals surface area contributed by atoms with E-state index in [0.29, 0.717) is 17.7 Å². The number of halogens is 2. The maximum atomic E-state index is 5.99. The molecule has 0 atom stereocenters. The van der Waals surface area contributed by atoms with Crippen molar-refractivity contribution in [3.8, 4) is 0 Å². The van der Waals surface area contributed by atoms with Crippen LogP contribution in [0.5, 0.6) is 0 Å². The molecule has 84 valence electrons. The van der Waals surface area contributed by atoms with Crippen molar-refractivity contribution in [3.05, 3.63) is 33.3 Å². The summed E-state index contributed by atoms with van der Waals surface area (Å²) in [6.07, 6.45) is 0. The molecule has 0 heterocycles. The molecule has 0 spiro atoms. The van der Waals surface area contributed by atoms with Gasteiger partial charge in [-0.2, -0.15) is 0 Å². The largest absolute Gasteiger partial charge is 0.122 e. The summed E-state index contributed by atoms with van der Waals surface area (Å²) in [5, 5.41) is 0. The number of hydrogen-bond acceptors (Lipinski definition) is 0. The summed E-state index contributed by atoms with van der Waals surface area (Å²) in [5.41, 5.74) is 3.95. The Balaban J connectivity index is 3.29. The molecule has 0 bridgehead atoms. The SMILES string of the molecule is CC(C)c1cc(CCl)c(C(C)C)cc1Br. The summed E-state index contributed by atoms with van der Waals surface area (Å²) >= 11 is 9.63. The fourth-order valence-electron chi connectivity index (χ4n) is 1.75. The fourth-order valence-corrected chi connectivity index (χ4v) is 2.80. The van der Waals surface area contributed by atoms with Crippen molar-refractivity contribution in [1.29, 1.82) is 0 Å². The first-order valence-corrected chi connectivity index (χ1v) is 6.68. The van der Waals surface area contributed by atoms with E-state index in [2.05, 4.69) is 55.8 Å². The highest BCUT2D eigenvalue weighted by atomic mass is 79.9. The van der Waals surface area contributed by atoms with Gasteiger partial charge in [-0.15, -0.1) is 11.6 Å². The van der Waals surface area contributed by atoms with Crippen molar-refractivity contribution < 1.29 is 0 Å². The summed E-state index contributed by atoms with van der Waals surface area (Å²) in [6, 6.07) is 4.45. The summed E-state index contributed by atoms with van der Waals surface area (Å²) < 4.78 is 1.20. The lowest BCUT2D eigenvalue weighted by Crippen LogP contribution is -1.99. The number of benzene rings is 1. The van der Waals surface area contributed by atoms with Crippen molar-refractivity contribution in [2.24, 2.45) is 0 Å². The van der Waals surface area contributed by atoms with Gasteiger partial charge in [0, 0.05) is 10.4 Å². The topological polar surface area (TPSA) is 0 Å². The van der Waals surface area contributed by atoms with Gasteiger partial charge in [-0.1, -0.05) is 49.7 Å². The smallest absolute Gasteiger partial charge is 0.0477 e. The van der Waals surface area contributed by atoms with E-state index in [1.165, 1.54) is 21.2 Å². The molecule has 0 aliphatic heterocycles. The van der Waals surface area contributed by atoms with Crippen LogP contribution in [-0.2, 0) is 5.88 Å². The van der Waals surface area contributed by atoms with Gasteiger partial charge < -0.3 is 0 Å². The Bertz CT molecular complexity index is 343. The zero-order valence-corrected chi connectivity index (χ0v) is 12.1. The van der Waals surface area contributed by atoms with Gasteiger partial charge in [0.2, 0.25) is 0 Å². The lowest BCUT2D eigenvalue weighted by atomic mass is 9.93. The summed E-state index contributed by atoms with van der Waals surface area (Å²) in [5.74, 6) is 1.65. The average molecular weight is 290 g/mol. The monoisotopic (exact) mass is 288 g/mol. The molecule has 0 unspecified atom stereocenters. The molecule has 0 amide bonds. The molecular formula is C13H18BrCl. The number of hydrogen-bond donors (Lipinski definition) is 0. The molecule has 0 aliphatic rings. The molecule has 0 saturated carbocycles. The van der Waals surface area contributed by atoms with Gasteiger partial charge in [0.1, 0.15) is 0 Å². The number of alkyl halides is 1. The van der Waals surface area contributed by atoms with Gasteiger partial charge in [0.25, 0.3) is 0 Å². The van der Waals surface area contributed by atoms with Gasteiger partial charge >= 0.3 is 0 Å². The van der Waals surface area contributed by atoms with Gasteiger partial charge in [-0.3, -0.25) is 0 Å². The third kappa shape index (κ3) is 2.98. The molecule has 1 rings (SSSR count). The van der Waals surface area contributed by atoms with E-state index in [9.17, 15) is 0 Å². The first kappa shape index (κ1) is 13.1. The molecule has 1 aromatic rings. The molecule has 2 heteroatoms. The molecule has 0 saturated heterocycles. The molecule has 0 N–H and O–H groups in total. The summed E-state index contributed by atoms with van der Waals surface area (Å²) in [4.78, 5) is 0. The van der Waals surface area contributed by atoms with Gasteiger partial charge in [-0.05, 0) is 34.6 Å². The highest BCUT2D eigenvalue weighted by Gasteiger charge is 2.12. The Labute approximate surface area is 106 Å². The fraction of sp³-hybridized carbons (Fsp3) is 0.538. The van der Waals surface area contributed by atoms with E-state index in [1.807, 2.05) is 0 Å². The van der Waals surface area contributed by atoms with Crippen molar-refractivity contribution in [3.63, 3.8) is 0 Å². The minimum absolute atomic E-state index is 0.524. The zero-order chi connectivity index (χ0) is 11.6. The second kappa shape index (κ2) is 5.36. The summed E-state index contributed by atoms with van der Waals surface area (Å²) in [7, 11) is 0. The Morgan fingerprint density at radius 2 is 1.60 bits per heavy atom. The van der Waals surface area contributed by atoms with Crippen molar-refractivity contribution in [1.82, 2.24) is 0 Å². The van der Waals surface area contributed by atoms with Crippen molar-refractivity contribution >= 4 is 27.5 Å². The average Bonchev–Trinajstić information content (AvgIpc) is 2.16. The van der Waals surface area contributed by atoms with Crippen LogP contribution in [0, 0.1) is 0 Å². The summed E-state index contributed by atoms with van der Waals surface area (Å²) in [6.45, 7) is 8.81. The molecule has 0 aliphatic carbocycles. The molecule has 0 fully saturated rings. The van der Waals surface area contributed by atoms with E-state index < -0.39 is 0 Å². The standard InChI is InChI=1S/C13H18BrCl/c1-8(2)11-6-13(14)12(9(3)4)5-10(11)7-15/h5-6,8-9H,7H2,1-4H3. The molecule has 0 nitrogen and oxygen atoms in total. The molecule has 0 aromatic heterocycles. The predicted molar refractivity (Wildman–Crippen MR) is 71.9 cm³/mol. The van der Waals surface area contributed by atoms with E-state index in [0.717, 1.165) is 0 Å². The van der Waals surface area contributed by atoms with Crippen LogP contribution in [0.3, 0.4) is 0 Å². The third-order valence-corrected chi connectivity index (χ3v) is 3.62. The Kier molecular flexibility index (Phi) is 4.66. The van der Waals surface area contributed by atoms with E-state index in [-0.39, 0.29) is 0 Å². The molecule has 0 radical (unpaired) electrons. The maximum Gasteiger partial charge on any atom is 0.0477 e.